The first-order valence-corrected chi connectivity index (χ1v) is 7.78. The van der Waals surface area contributed by atoms with Crippen molar-refractivity contribution in [2.75, 3.05) is 6.54 Å². The van der Waals surface area contributed by atoms with Crippen molar-refractivity contribution < 1.29 is 4.74 Å². The Bertz CT molecular complexity index is 449. The van der Waals surface area contributed by atoms with Crippen LogP contribution in [0.1, 0.15) is 62.5 Å². The lowest BCUT2D eigenvalue weighted by atomic mass is 9.79. The van der Waals surface area contributed by atoms with Crippen molar-refractivity contribution >= 4 is 0 Å². The lowest BCUT2D eigenvalue weighted by molar-refractivity contribution is 0.0409. The van der Waals surface area contributed by atoms with Gasteiger partial charge in [0.1, 0.15) is 11.4 Å². The molecule has 0 radical (unpaired) electrons. The molecule has 1 saturated carbocycles. The van der Waals surface area contributed by atoms with Crippen LogP contribution in [-0.2, 0) is 6.42 Å². The van der Waals surface area contributed by atoms with Crippen molar-refractivity contribution in [3.8, 4) is 5.75 Å². The van der Waals surface area contributed by atoms with Crippen molar-refractivity contribution in [2.24, 2.45) is 5.73 Å². The Morgan fingerprint density at radius 1 is 1.32 bits per heavy atom. The predicted molar refractivity (Wildman–Crippen MR) is 78.7 cm³/mol. The molecule has 2 aliphatic rings. The molecule has 104 valence electrons. The Hall–Kier alpha value is -1.02. The highest BCUT2D eigenvalue weighted by atomic mass is 16.5. The van der Waals surface area contributed by atoms with Crippen molar-refractivity contribution in [3.05, 3.63) is 29.3 Å². The number of fused-ring (bicyclic) bond motifs is 1. The normalized spacial score (nSPS) is 24.2. The Labute approximate surface area is 116 Å². The molecule has 1 aromatic carbocycles. The van der Waals surface area contributed by atoms with Gasteiger partial charge in [-0.25, -0.2) is 0 Å². The number of nitrogens with two attached hydrogens (primary N) is 1. The van der Waals surface area contributed by atoms with Gasteiger partial charge in [-0.1, -0.05) is 19.1 Å². The molecule has 0 saturated heterocycles. The first-order valence-electron chi connectivity index (χ1n) is 7.78. The summed E-state index contributed by atoms with van der Waals surface area (Å²) in [5, 5.41) is 0. The average molecular weight is 259 g/mol. The molecule has 19 heavy (non-hydrogen) atoms. The SMILES string of the molecule is CCc1ccc2c(c1)C(CCN)CC1(CCCC1)O2. The summed E-state index contributed by atoms with van der Waals surface area (Å²) in [5.74, 6) is 1.72. The molecule has 1 unspecified atom stereocenters. The fourth-order valence-electron chi connectivity index (χ4n) is 3.85. The molecule has 1 atom stereocenters. The van der Waals surface area contributed by atoms with Crippen molar-refractivity contribution in [1.82, 2.24) is 0 Å². The zero-order chi connectivity index (χ0) is 13.3. The number of hydrogen-bond donors (Lipinski definition) is 1. The van der Waals surface area contributed by atoms with E-state index in [4.69, 9.17) is 10.5 Å². The van der Waals surface area contributed by atoms with Crippen LogP contribution in [0.15, 0.2) is 18.2 Å². The van der Waals surface area contributed by atoms with E-state index >= 15 is 0 Å². The summed E-state index contributed by atoms with van der Waals surface area (Å²) < 4.78 is 6.42. The van der Waals surface area contributed by atoms with E-state index in [2.05, 4.69) is 25.1 Å². The highest BCUT2D eigenvalue weighted by molar-refractivity contribution is 5.42. The highest BCUT2D eigenvalue weighted by Crippen LogP contribution is 2.49. The first-order chi connectivity index (χ1) is 9.26. The lowest BCUT2D eigenvalue weighted by Crippen LogP contribution is -2.38. The van der Waals surface area contributed by atoms with Crippen molar-refractivity contribution in [2.45, 2.75) is 63.4 Å². The molecular formula is C17H25NO. The van der Waals surface area contributed by atoms with Crippen LogP contribution >= 0.6 is 0 Å². The summed E-state index contributed by atoms with van der Waals surface area (Å²) in [4.78, 5) is 0. The minimum Gasteiger partial charge on any atom is -0.487 e. The lowest BCUT2D eigenvalue weighted by Gasteiger charge is -2.40. The highest BCUT2D eigenvalue weighted by Gasteiger charge is 2.42. The van der Waals surface area contributed by atoms with Crippen LogP contribution in [-0.4, -0.2) is 12.1 Å². The third kappa shape index (κ3) is 2.38. The second kappa shape index (κ2) is 5.16. The van der Waals surface area contributed by atoms with Crippen LogP contribution in [0.4, 0.5) is 0 Å². The summed E-state index contributed by atoms with van der Waals surface area (Å²) in [6, 6.07) is 6.75. The third-order valence-corrected chi connectivity index (χ3v) is 4.90. The molecule has 3 rings (SSSR count). The molecule has 1 aromatic rings. The molecule has 2 N–H and O–H groups in total. The number of hydrogen-bond acceptors (Lipinski definition) is 2. The van der Waals surface area contributed by atoms with Gasteiger partial charge >= 0.3 is 0 Å². The minimum absolute atomic E-state index is 0.126. The van der Waals surface area contributed by atoms with Crippen LogP contribution < -0.4 is 10.5 Å². The molecular weight excluding hydrogens is 234 g/mol. The van der Waals surface area contributed by atoms with Gasteiger partial charge in [0.2, 0.25) is 0 Å². The van der Waals surface area contributed by atoms with Crippen LogP contribution in [0.25, 0.3) is 0 Å². The Morgan fingerprint density at radius 2 is 2.11 bits per heavy atom. The maximum atomic E-state index is 6.42. The summed E-state index contributed by atoms with van der Waals surface area (Å²) in [7, 11) is 0. The number of benzene rings is 1. The van der Waals surface area contributed by atoms with E-state index in [-0.39, 0.29) is 5.60 Å². The minimum atomic E-state index is 0.126. The van der Waals surface area contributed by atoms with E-state index in [0.29, 0.717) is 5.92 Å². The fraction of sp³-hybridized carbons (Fsp3) is 0.647. The molecule has 0 aromatic heterocycles. The van der Waals surface area contributed by atoms with Crippen LogP contribution in [0.3, 0.4) is 0 Å². The van der Waals surface area contributed by atoms with E-state index in [1.54, 1.807) is 0 Å². The second-order valence-corrected chi connectivity index (χ2v) is 6.20. The maximum Gasteiger partial charge on any atom is 0.123 e. The molecule has 1 aliphatic carbocycles. The number of aryl methyl sites for hydroxylation is 1. The zero-order valence-electron chi connectivity index (χ0n) is 12.0. The molecule has 1 spiro atoms. The van der Waals surface area contributed by atoms with Gasteiger partial charge in [0.05, 0.1) is 0 Å². The molecule has 0 amide bonds. The largest absolute Gasteiger partial charge is 0.487 e. The first kappa shape index (κ1) is 13.0. The summed E-state index contributed by atoms with van der Waals surface area (Å²) in [6.45, 7) is 2.98. The van der Waals surface area contributed by atoms with Gasteiger partial charge in [0.15, 0.2) is 0 Å². The summed E-state index contributed by atoms with van der Waals surface area (Å²) in [5.41, 5.74) is 8.77. The van der Waals surface area contributed by atoms with Gasteiger partial charge in [0, 0.05) is 0 Å². The molecule has 2 heteroatoms. The Kier molecular flexibility index (Phi) is 3.53. The second-order valence-electron chi connectivity index (χ2n) is 6.20. The van der Waals surface area contributed by atoms with E-state index in [1.807, 2.05) is 0 Å². The van der Waals surface area contributed by atoms with Gasteiger partial charge in [0.25, 0.3) is 0 Å². The Balaban J connectivity index is 1.96. The van der Waals surface area contributed by atoms with E-state index in [9.17, 15) is 0 Å². The molecule has 1 aliphatic heterocycles. The smallest absolute Gasteiger partial charge is 0.123 e. The maximum absolute atomic E-state index is 6.42. The number of ether oxygens (including phenoxy) is 1. The third-order valence-electron chi connectivity index (χ3n) is 4.90. The van der Waals surface area contributed by atoms with Gasteiger partial charge in [-0.05, 0) is 74.6 Å². The molecule has 1 heterocycles. The van der Waals surface area contributed by atoms with Gasteiger partial charge in [-0.2, -0.15) is 0 Å². The van der Waals surface area contributed by atoms with E-state index < -0.39 is 0 Å². The average Bonchev–Trinajstić information content (AvgIpc) is 2.86. The van der Waals surface area contributed by atoms with Gasteiger partial charge < -0.3 is 10.5 Å². The standard InChI is InChI=1S/C17H25NO/c1-2-13-5-6-16-15(11-13)14(7-10-18)12-17(19-16)8-3-4-9-17/h5-6,11,14H,2-4,7-10,12,18H2,1H3. The fourth-order valence-corrected chi connectivity index (χ4v) is 3.85. The van der Waals surface area contributed by atoms with Crippen LogP contribution in [0.5, 0.6) is 5.75 Å². The summed E-state index contributed by atoms with van der Waals surface area (Å²) >= 11 is 0. The zero-order valence-corrected chi connectivity index (χ0v) is 12.0. The van der Waals surface area contributed by atoms with E-state index in [0.717, 1.165) is 25.1 Å². The molecule has 2 nitrogen and oxygen atoms in total. The predicted octanol–water partition coefficient (Wildman–Crippen LogP) is 3.78. The topological polar surface area (TPSA) is 35.2 Å². The molecule has 1 fully saturated rings. The summed E-state index contributed by atoms with van der Waals surface area (Å²) in [6.07, 6.45) is 8.44. The van der Waals surface area contributed by atoms with Gasteiger partial charge in [-0.15, -0.1) is 0 Å². The van der Waals surface area contributed by atoms with E-state index in [1.165, 1.54) is 43.2 Å². The van der Waals surface area contributed by atoms with Crippen LogP contribution in [0.2, 0.25) is 0 Å². The number of rotatable bonds is 3. The van der Waals surface area contributed by atoms with Gasteiger partial charge in [-0.3, -0.25) is 0 Å². The monoisotopic (exact) mass is 259 g/mol. The van der Waals surface area contributed by atoms with Crippen molar-refractivity contribution in [3.63, 3.8) is 0 Å². The quantitative estimate of drug-likeness (QED) is 0.896. The van der Waals surface area contributed by atoms with Crippen molar-refractivity contribution in [1.29, 1.82) is 0 Å². The Morgan fingerprint density at radius 3 is 2.79 bits per heavy atom. The molecule has 0 bridgehead atoms. The van der Waals surface area contributed by atoms with Crippen LogP contribution in [0, 0.1) is 0 Å².